The second-order valence-corrected chi connectivity index (χ2v) is 6.86. The van der Waals surface area contributed by atoms with E-state index in [1.165, 1.54) is 32.2 Å². The van der Waals surface area contributed by atoms with Gasteiger partial charge in [-0.1, -0.05) is 11.6 Å². The van der Waals surface area contributed by atoms with Gasteiger partial charge in [-0.2, -0.15) is 0 Å². The molecule has 0 aromatic carbocycles. The zero-order chi connectivity index (χ0) is 13.7. The number of hydrogen-bond donors (Lipinski definition) is 0. The molecule has 0 bridgehead atoms. The summed E-state index contributed by atoms with van der Waals surface area (Å²) in [5.41, 5.74) is 0. The van der Waals surface area contributed by atoms with E-state index in [2.05, 4.69) is 21.7 Å². The van der Waals surface area contributed by atoms with Gasteiger partial charge < -0.3 is 4.90 Å². The molecule has 2 unspecified atom stereocenters. The molecule has 1 aromatic rings. The first-order chi connectivity index (χ1) is 9.70. The number of hydrogen-bond acceptors (Lipinski definition) is 4. The molecular formula is C15H21ClN4. The Balaban J connectivity index is 1.62. The van der Waals surface area contributed by atoms with Gasteiger partial charge in [0, 0.05) is 37.2 Å². The van der Waals surface area contributed by atoms with E-state index in [0.717, 1.165) is 24.7 Å². The second kappa shape index (κ2) is 4.85. The van der Waals surface area contributed by atoms with Gasteiger partial charge in [0.15, 0.2) is 0 Å². The molecule has 3 heterocycles. The van der Waals surface area contributed by atoms with Gasteiger partial charge in [-0.25, -0.2) is 9.97 Å². The third-order valence-electron chi connectivity index (χ3n) is 4.87. The highest BCUT2D eigenvalue weighted by atomic mass is 35.5. The van der Waals surface area contributed by atoms with Gasteiger partial charge in [0.25, 0.3) is 0 Å². The lowest BCUT2D eigenvalue weighted by Crippen LogP contribution is -2.55. The van der Waals surface area contributed by atoms with Crippen LogP contribution in [-0.4, -0.2) is 46.6 Å². The number of aromatic nitrogens is 2. The summed E-state index contributed by atoms with van der Waals surface area (Å²) >= 11 is 6.21. The van der Waals surface area contributed by atoms with Gasteiger partial charge in [0.2, 0.25) is 0 Å². The van der Waals surface area contributed by atoms with Gasteiger partial charge >= 0.3 is 0 Å². The van der Waals surface area contributed by atoms with Crippen LogP contribution in [0.15, 0.2) is 6.07 Å². The van der Waals surface area contributed by atoms with Crippen molar-refractivity contribution >= 4 is 17.4 Å². The number of fused-ring (bicyclic) bond motifs is 1. The van der Waals surface area contributed by atoms with Crippen molar-refractivity contribution in [2.24, 2.45) is 0 Å². The van der Waals surface area contributed by atoms with Gasteiger partial charge in [-0.15, -0.1) is 0 Å². The molecule has 108 valence electrons. The van der Waals surface area contributed by atoms with Gasteiger partial charge in [0.05, 0.1) is 0 Å². The van der Waals surface area contributed by atoms with Crippen LogP contribution >= 0.6 is 11.6 Å². The lowest BCUT2D eigenvalue weighted by atomic mass is 10.1. The highest BCUT2D eigenvalue weighted by molar-refractivity contribution is 6.29. The van der Waals surface area contributed by atoms with Crippen LogP contribution in [0.3, 0.4) is 0 Å². The SMILES string of the molecule is CC1CN2CCCC2CN1c1cc(Cl)nc(C2CC2)n1. The summed E-state index contributed by atoms with van der Waals surface area (Å²) < 4.78 is 0. The van der Waals surface area contributed by atoms with Crippen molar-refractivity contribution < 1.29 is 0 Å². The summed E-state index contributed by atoms with van der Waals surface area (Å²) in [5, 5.41) is 0.595. The minimum absolute atomic E-state index is 0.502. The molecule has 2 aliphatic heterocycles. The maximum atomic E-state index is 6.21. The molecule has 4 rings (SSSR count). The van der Waals surface area contributed by atoms with Crippen LogP contribution in [0.4, 0.5) is 5.82 Å². The van der Waals surface area contributed by atoms with Crippen molar-refractivity contribution in [2.75, 3.05) is 24.5 Å². The number of anilines is 1. The lowest BCUT2D eigenvalue weighted by Gasteiger charge is -2.43. The smallest absolute Gasteiger partial charge is 0.135 e. The van der Waals surface area contributed by atoms with Crippen molar-refractivity contribution in [1.82, 2.24) is 14.9 Å². The Hall–Kier alpha value is -0.870. The van der Waals surface area contributed by atoms with Crippen LogP contribution in [0.5, 0.6) is 0 Å². The van der Waals surface area contributed by atoms with E-state index in [9.17, 15) is 0 Å². The molecule has 0 N–H and O–H groups in total. The largest absolute Gasteiger partial charge is 0.351 e. The van der Waals surface area contributed by atoms with E-state index < -0.39 is 0 Å². The van der Waals surface area contributed by atoms with Gasteiger partial charge in [0.1, 0.15) is 16.8 Å². The maximum Gasteiger partial charge on any atom is 0.135 e. The summed E-state index contributed by atoms with van der Waals surface area (Å²) in [6.07, 6.45) is 5.08. The van der Waals surface area contributed by atoms with Crippen molar-refractivity contribution in [3.05, 3.63) is 17.0 Å². The normalized spacial score (nSPS) is 30.6. The third kappa shape index (κ3) is 2.29. The summed E-state index contributed by atoms with van der Waals surface area (Å²) in [6, 6.07) is 3.14. The monoisotopic (exact) mass is 292 g/mol. The minimum Gasteiger partial charge on any atom is -0.351 e. The minimum atomic E-state index is 0.502. The highest BCUT2D eigenvalue weighted by Crippen LogP contribution is 2.39. The quantitative estimate of drug-likeness (QED) is 0.785. The highest BCUT2D eigenvalue weighted by Gasteiger charge is 2.35. The Morgan fingerprint density at radius 1 is 1.20 bits per heavy atom. The molecule has 1 aromatic heterocycles. The first-order valence-corrected chi connectivity index (χ1v) is 8.13. The average molecular weight is 293 g/mol. The molecule has 3 fully saturated rings. The van der Waals surface area contributed by atoms with E-state index in [0.29, 0.717) is 23.2 Å². The van der Waals surface area contributed by atoms with Crippen LogP contribution in [0.25, 0.3) is 0 Å². The Morgan fingerprint density at radius 3 is 2.85 bits per heavy atom. The molecule has 5 heteroatoms. The number of nitrogens with zero attached hydrogens (tertiary/aromatic N) is 4. The molecule has 3 aliphatic rings. The summed E-state index contributed by atoms with van der Waals surface area (Å²) in [7, 11) is 0. The van der Waals surface area contributed by atoms with Crippen molar-refractivity contribution in [3.63, 3.8) is 0 Å². The molecule has 0 radical (unpaired) electrons. The standard InChI is InChI=1S/C15H21ClN4/c1-10-8-19-6-2-3-12(19)9-20(10)14-7-13(16)17-15(18-14)11-4-5-11/h7,10-12H,2-6,8-9H2,1H3. The summed E-state index contributed by atoms with van der Waals surface area (Å²) in [6.45, 7) is 5.78. The Labute approximate surface area is 125 Å². The fourth-order valence-electron chi connectivity index (χ4n) is 3.60. The summed E-state index contributed by atoms with van der Waals surface area (Å²) in [4.78, 5) is 14.3. The van der Waals surface area contributed by atoms with E-state index in [4.69, 9.17) is 16.6 Å². The Bertz CT molecular complexity index is 517. The number of rotatable bonds is 2. The predicted octanol–water partition coefficient (Wildman–Crippen LogP) is 2.68. The molecule has 4 nitrogen and oxygen atoms in total. The number of halogens is 1. The molecule has 20 heavy (non-hydrogen) atoms. The zero-order valence-corrected chi connectivity index (χ0v) is 12.7. The lowest BCUT2D eigenvalue weighted by molar-refractivity contribution is 0.202. The second-order valence-electron chi connectivity index (χ2n) is 6.47. The van der Waals surface area contributed by atoms with Crippen LogP contribution < -0.4 is 4.90 Å². The van der Waals surface area contributed by atoms with Crippen LogP contribution in [0.1, 0.15) is 44.3 Å². The van der Waals surface area contributed by atoms with Crippen molar-refractivity contribution in [3.8, 4) is 0 Å². The predicted molar refractivity (Wildman–Crippen MR) is 80.4 cm³/mol. The van der Waals surface area contributed by atoms with Gasteiger partial charge in [-0.3, -0.25) is 4.90 Å². The molecule has 2 saturated heterocycles. The third-order valence-corrected chi connectivity index (χ3v) is 5.07. The fraction of sp³-hybridized carbons (Fsp3) is 0.733. The maximum absolute atomic E-state index is 6.21. The van der Waals surface area contributed by atoms with Crippen molar-refractivity contribution in [2.45, 2.75) is 50.6 Å². The van der Waals surface area contributed by atoms with Crippen LogP contribution in [0.2, 0.25) is 5.15 Å². The number of piperazine rings is 1. The van der Waals surface area contributed by atoms with E-state index in [1.807, 2.05) is 6.07 Å². The first kappa shape index (κ1) is 12.8. The van der Waals surface area contributed by atoms with Crippen LogP contribution in [0, 0.1) is 0 Å². The van der Waals surface area contributed by atoms with Crippen molar-refractivity contribution in [1.29, 1.82) is 0 Å². The molecule has 0 amide bonds. The molecule has 0 spiro atoms. The van der Waals surface area contributed by atoms with E-state index in [-0.39, 0.29) is 0 Å². The molecule has 2 atom stereocenters. The van der Waals surface area contributed by atoms with Crippen LogP contribution in [-0.2, 0) is 0 Å². The molecule has 1 aliphatic carbocycles. The molecule has 1 saturated carbocycles. The van der Waals surface area contributed by atoms with Gasteiger partial charge in [-0.05, 0) is 39.2 Å². The summed E-state index contributed by atoms with van der Waals surface area (Å²) in [5.74, 6) is 2.54. The average Bonchev–Trinajstić information content (AvgIpc) is 3.17. The topological polar surface area (TPSA) is 32.3 Å². The van der Waals surface area contributed by atoms with E-state index >= 15 is 0 Å². The Morgan fingerprint density at radius 2 is 2.05 bits per heavy atom. The van der Waals surface area contributed by atoms with E-state index in [1.54, 1.807) is 0 Å². The first-order valence-electron chi connectivity index (χ1n) is 7.76. The molecular weight excluding hydrogens is 272 g/mol. The fourth-order valence-corrected chi connectivity index (χ4v) is 3.78. The zero-order valence-electron chi connectivity index (χ0n) is 11.9. The Kier molecular flexibility index (Phi) is 3.11.